The van der Waals surface area contributed by atoms with E-state index in [1.165, 1.54) is 24.3 Å². The van der Waals surface area contributed by atoms with Crippen molar-refractivity contribution in [3.05, 3.63) is 70.9 Å². The number of aromatic nitrogens is 1. The van der Waals surface area contributed by atoms with Gasteiger partial charge < -0.3 is 19.9 Å². The quantitative estimate of drug-likeness (QED) is 0.383. The number of phenols is 1. The highest BCUT2D eigenvalue weighted by atomic mass is 16.5. The van der Waals surface area contributed by atoms with Crippen molar-refractivity contribution in [1.82, 2.24) is 9.88 Å². The van der Waals surface area contributed by atoms with Crippen LogP contribution in [0, 0.1) is 0 Å². The van der Waals surface area contributed by atoms with Crippen molar-refractivity contribution >= 4 is 22.9 Å². The maximum absolute atomic E-state index is 11.3. The molecule has 1 heterocycles. The number of nitrogens with one attached hydrogen (secondary N) is 1. The fraction of sp³-hybridized carbons (Fsp3) is 0.320. The summed E-state index contributed by atoms with van der Waals surface area (Å²) < 4.78 is 4.66. The van der Waals surface area contributed by atoms with E-state index < -0.39 is 0 Å². The average molecular weight is 421 g/mol. The number of carbonyl (C=O) groups is 1. The summed E-state index contributed by atoms with van der Waals surface area (Å²) >= 11 is 0. The van der Waals surface area contributed by atoms with Gasteiger partial charge in [-0.3, -0.25) is 4.90 Å². The Kier molecular flexibility index (Phi) is 6.39. The Morgan fingerprint density at radius 2 is 2.13 bits per heavy atom. The first-order chi connectivity index (χ1) is 15.1. The number of aliphatic hydroxyl groups is 1. The van der Waals surface area contributed by atoms with Gasteiger partial charge >= 0.3 is 5.97 Å². The molecule has 0 saturated carbocycles. The number of ether oxygens (including phenoxy) is 1. The number of H-pyrrole nitrogens is 1. The monoisotopic (exact) mass is 420 g/mol. The number of fused-ring (bicyclic) bond motifs is 2. The van der Waals surface area contributed by atoms with E-state index in [4.69, 9.17) is 0 Å². The molecule has 0 spiro atoms. The van der Waals surface area contributed by atoms with Crippen LogP contribution in [-0.2, 0) is 22.4 Å². The van der Waals surface area contributed by atoms with E-state index in [-0.39, 0.29) is 24.4 Å². The molecule has 1 unspecified atom stereocenters. The molecule has 3 N–H and O–H groups in total. The molecule has 0 bridgehead atoms. The van der Waals surface area contributed by atoms with Crippen LogP contribution < -0.4 is 0 Å². The number of carbonyl (C=O) groups excluding carboxylic acids is 1. The van der Waals surface area contributed by atoms with Gasteiger partial charge in [-0.25, -0.2) is 4.79 Å². The summed E-state index contributed by atoms with van der Waals surface area (Å²) in [6.45, 7) is 1.54. The number of hydrogen-bond acceptors (Lipinski definition) is 5. The minimum absolute atomic E-state index is 0.112. The van der Waals surface area contributed by atoms with Gasteiger partial charge in [0.05, 0.1) is 13.7 Å². The van der Waals surface area contributed by atoms with Crippen LogP contribution in [-0.4, -0.2) is 52.9 Å². The van der Waals surface area contributed by atoms with E-state index >= 15 is 0 Å². The standard InChI is InChI=1S/C25H28N2O4/c1-31-25(30)9-3-17-2-6-21-18(14-17)4-8-24(21)27(12-13-28)11-10-19-16-26-23-7-5-20(29)15-22(19)23/h2-3,5-7,9,14-16,24,26,28-29H,4,8,10-13H2,1H3. The maximum Gasteiger partial charge on any atom is 0.330 e. The molecule has 0 amide bonds. The Labute approximate surface area is 181 Å². The minimum Gasteiger partial charge on any atom is -0.508 e. The molecule has 1 aliphatic carbocycles. The molecule has 2 aromatic carbocycles. The molecule has 0 saturated heterocycles. The van der Waals surface area contributed by atoms with Gasteiger partial charge in [-0.2, -0.15) is 0 Å². The van der Waals surface area contributed by atoms with Gasteiger partial charge in [-0.15, -0.1) is 0 Å². The molecule has 1 atom stereocenters. The number of hydrogen-bond donors (Lipinski definition) is 3. The molecule has 162 valence electrons. The number of rotatable bonds is 8. The van der Waals surface area contributed by atoms with Gasteiger partial charge in [-0.1, -0.05) is 18.2 Å². The predicted octanol–water partition coefficient (Wildman–Crippen LogP) is 3.58. The molecule has 0 fully saturated rings. The molecule has 6 nitrogen and oxygen atoms in total. The van der Waals surface area contributed by atoms with Crippen LogP contribution in [0.3, 0.4) is 0 Å². The lowest BCUT2D eigenvalue weighted by Crippen LogP contribution is -2.32. The number of esters is 1. The molecule has 6 heteroatoms. The number of aromatic hydroxyl groups is 1. The zero-order valence-electron chi connectivity index (χ0n) is 17.7. The summed E-state index contributed by atoms with van der Waals surface area (Å²) in [6.07, 6.45) is 8.03. The van der Waals surface area contributed by atoms with Crippen LogP contribution in [0.15, 0.2) is 48.7 Å². The summed E-state index contributed by atoms with van der Waals surface area (Å²) in [5.41, 5.74) is 5.74. The molecule has 31 heavy (non-hydrogen) atoms. The van der Waals surface area contributed by atoms with E-state index in [9.17, 15) is 15.0 Å². The van der Waals surface area contributed by atoms with Gasteiger partial charge in [0.1, 0.15) is 5.75 Å². The Morgan fingerprint density at radius 3 is 2.94 bits per heavy atom. The summed E-state index contributed by atoms with van der Waals surface area (Å²) in [6, 6.07) is 11.9. The van der Waals surface area contributed by atoms with E-state index in [1.54, 1.807) is 18.2 Å². The number of methoxy groups -OCH3 is 1. The van der Waals surface area contributed by atoms with E-state index in [1.807, 2.05) is 18.3 Å². The largest absolute Gasteiger partial charge is 0.508 e. The van der Waals surface area contributed by atoms with Crippen molar-refractivity contribution in [3.8, 4) is 5.75 Å². The summed E-state index contributed by atoms with van der Waals surface area (Å²) in [7, 11) is 1.37. The molecular formula is C25H28N2O4. The number of benzene rings is 2. The Balaban J connectivity index is 1.50. The molecule has 1 aliphatic rings. The molecule has 4 rings (SSSR count). The van der Waals surface area contributed by atoms with Crippen molar-refractivity contribution in [2.75, 3.05) is 26.8 Å². The molecule has 1 aromatic heterocycles. The lowest BCUT2D eigenvalue weighted by molar-refractivity contribution is -0.134. The van der Waals surface area contributed by atoms with E-state index in [0.717, 1.165) is 47.8 Å². The predicted molar refractivity (Wildman–Crippen MR) is 121 cm³/mol. The highest BCUT2D eigenvalue weighted by Gasteiger charge is 2.27. The van der Waals surface area contributed by atoms with Crippen LogP contribution in [0.25, 0.3) is 17.0 Å². The highest BCUT2D eigenvalue weighted by Crippen LogP contribution is 2.36. The smallest absolute Gasteiger partial charge is 0.330 e. The number of nitrogens with zero attached hydrogens (tertiary/aromatic N) is 1. The first-order valence-corrected chi connectivity index (χ1v) is 10.6. The van der Waals surface area contributed by atoms with Gasteiger partial charge in [0.25, 0.3) is 0 Å². The van der Waals surface area contributed by atoms with E-state index in [2.05, 4.69) is 26.8 Å². The molecule has 0 radical (unpaired) electrons. The number of phenolic OH excluding ortho intramolecular Hbond substituents is 1. The third-order valence-corrected chi connectivity index (χ3v) is 6.07. The number of aromatic amines is 1. The van der Waals surface area contributed by atoms with Crippen molar-refractivity contribution in [3.63, 3.8) is 0 Å². The minimum atomic E-state index is -0.363. The SMILES string of the molecule is COC(=O)C=Cc1ccc2c(c1)CCC2N(CCO)CCc1c[nH]c2ccc(O)cc12. The van der Waals surface area contributed by atoms with Crippen LogP contribution in [0.1, 0.15) is 34.7 Å². The number of aliphatic hydroxyl groups excluding tert-OH is 1. The van der Waals surface area contributed by atoms with Crippen molar-refractivity contribution in [2.24, 2.45) is 0 Å². The van der Waals surface area contributed by atoms with Gasteiger partial charge in [0, 0.05) is 42.3 Å². The zero-order valence-corrected chi connectivity index (χ0v) is 17.7. The van der Waals surface area contributed by atoms with Crippen LogP contribution in [0.2, 0.25) is 0 Å². The van der Waals surface area contributed by atoms with E-state index in [0.29, 0.717) is 6.54 Å². The van der Waals surface area contributed by atoms with Crippen molar-refractivity contribution in [2.45, 2.75) is 25.3 Å². The average Bonchev–Trinajstić information content (AvgIpc) is 3.38. The fourth-order valence-electron chi connectivity index (χ4n) is 4.52. The van der Waals surface area contributed by atoms with Crippen LogP contribution >= 0.6 is 0 Å². The van der Waals surface area contributed by atoms with Crippen LogP contribution in [0.5, 0.6) is 5.75 Å². The first-order valence-electron chi connectivity index (χ1n) is 10.6. The second kappa shape index (κ2) is 9.37. The molecule has 0 aliphatic heterocycles. The number of aryl methyl sites for hydroxylation is 1. The normalized spacial score (nSPS) is 15.8. The Bertz CT molecular complexity index is 1100. The molecular weight excluding hydrogens is 392 g/mol. The van der Waals surface area contributed by atoms with Crippen molar-refractivity contribution < 1.29 is 19.7 Å². The Hall–Kier alpha value is -3.09. The first kappa shape index (κ1) is 21.2. The lowest BCUT2D eigenvalue weighted by atomic mass is 10.0. The fourth-order valence-corrected chi connectivity index (χ4v) is 4.52. The maximum atomic E-state index is 11.3. The Morgan fingerprint density at radius 1 is 1.26 bits per heavy atom. The lowest BCUT2D eigenvalue weighted by Gasteiger charge is -2.29. The summed E-state index contributed by atoms with van der Waals surface area (Å²) in [5.74, 6) is -0.0968. The zero-order chi connectivity index (χ0) is 21.8. The van der Waals surface area contributed by atoms with Crippen LogP contribution in [0.4, 0.5) is 0 Å². The second-order valence-corrected chi connectivity index (χ2v) is 7.92. The summed E-state index contributed by atoms with van der Waals surface area (Å²) in [5, 5.41) is 20.5. The second-order valence-electron chi connectivity index (χ2n) is 7.92. The topological polar surface area (TPSA) is 85.8 Å². The van der Waals surface area contributed by atoms with Gasteiger partial charge in [-0.05, 0) is 65.8 Å². The third-order valence-electron chi connectivity index (χ3n) is 6.07. The van der Waals surface area contributed by atoms with Crippen molar-refractivity contribution in [1.29, 1.82) is 0 Å². The highest BCUT2D eigenvalue weighted by molar-refractivity contribution is 5.87. The summed E-state index contributed by atoms with van der Waals surface area (Å²) in [4.78, 5) is 17.0. The van der Waals surface area contributed by atoms with Gasteiger partial charge in [0.15, 0.2) is 0 Å². The third kappa shape index (κ3) is 4.65. The van der Waals surface area contributed by atoms with Gasteiger partial charge in [0.2, 0.25) is 0 Å². The molecule has 3 aromatic rings.